The van der Waals surface area contributed by atoms with Gasteiger partial charge in [-0.3, -0.25) is 4.79 Å². The zero-order valence-electron chi connectivity index (χ0n) is 20.2. The van der Waals surface area contributed by atoms with Crippen molar-refractivity contribution >= 4 is 21.7 Å². The number of ether oxygens (including phenoxy) is 2. The van der Waals surface area contributed by atoms with Gasteiger partial charge in [-0.05, 0) is 66.8 Å². The van der Waals surface area contributed by atoms with Crippen LogP contribution >= 0.6 is 0 Å². The third kappa shape index (κ3) is 9.09. The normalized spacial score (nSPS) is 12.0. The lowest BCUT2D eigenvalue weighted by atomic mass is 10.1. The van der Waals surface area contributed by atoms with Crippen molar-refractivity contribution in [2.75, 3.05) is 12.4 Å². The molecule has 0 radical (unpaired) electrons. The molecule has 3 aromatic rings. The molecule has 37 heavy (non-hydrogen) atoms. The molecule has 0 heterocycles. The molecule has 0 saturated carbocycles. The average Bonchev–Trinajstić information content (AvgIpc) is 2.83. The molecule has 0 saturated heterocycles. The zero-order valence-corrected chi connectivity index (χ0v) is 21.0. The van der Waals surface area contributed by atoms with Crippen molar-refractivity contribution in [3.63, 3.8) is 0 Å². The number of sulfone groups is 1. The van der Waals surface area contributed by atoms with Gasteiger partial charge in [0.1, 0.15) is 16.4 Å². The molecule has 196 valence electrons. The molecule has 0 aromatic heterocycles. The van der Waals surface area contributed by atoms with Crippen LogP contribution in [0.4, 0.5) is 13.2 Å². The second kappa shape index (κ2) is 12.6. The Labute approximate surface area is 214 Å². The Morgan fingerprint density at radius 2 is 1.68 bits per heavy atom. The van der Waals surface area contributed by atoms with Crippen molar-refractivity contribution in [3.05, 3.63) is 95.6 Å². The molecular weight excluding hydrogens is 505 g/mol. The predicted octanol–water partition coefficient (Wildman–Crippen LogP) is 6.22. The molecule has 3 rings (SSSR count). The van der Waals surface area contributed by atoms with E-state index in [0.717, 1.165) is 5.56 Å². The van der Waals surface area contributed by atoms with Crippen LogP contribution in [0.25, 0.3) is 6.08 Å². The van der Waals surface area contributed by atoms with Crippen molar-refractivity contribution in [2.24, 2.45) is 0 Å². The summed E-state index contributed by atoms with van der Waals surface area (Å²) in [6.45, 7) is 1.98. The first-order chi connectivity index (χ1) is 17.6. The summed E-state index contributed by atoms with van der Waals surface area (Å²) in [6.07, 6.45) is -1.04. The monoisotopic (exact) mass is 532 g/mol. The van der Waals surface area contributed by atoms with E-state index in [-0.39, 0.29) is 53.8 Å². The van der Waals surface area contributed by atoms with Crippen LogP contribution in [0.5, 0.6) is 11.5 Å². The molecule has 0 aliphatic rings. The maximum Gasteiger partial charge on any atom is 0.573 e. The van der Waals surface area contributed by atoms with Gasteiger partial charge in [-0.1, -0.05) is 54.6 Å². The number of aryl methyl sites for hydroxylation is 1. The number of alkyl halides is 3. The van der Waals surface area contributed by atoms with Crippen LogP contribution in [0.3, 0.4) is 0 Å². The second-order valence-corrected chi connectivity index (χ2v) is 10.3. The smallest absolute Gasteiger partial charge is 0.492 e. The van der Waals surface area contributed by atoms with Crippen LogP contribution < -0.4 is 9.47 Å². The van der Waals surface area contributed by atoms with Crippen LogP contribution in [-0.2, 0) is 27.5 Å². The standard InChI is InChI=1S/C28H27F3O5S/c1-2-35-26-20-23(13-15-24(32)18-21-8-4-3-5-9-21)14-16-27(26)37(33,34)17-7-11-22-10-6-12-25(19-22)36-28(29,30)31/h3-6,8-10,12-16,19-20H,2,7,11,17-18H2,1H3/b15-13+. The molecule has 0 atom stereocenters. The fourth-order valence-corrected chi connectivity index (χ4v) is 5.12. The van der Waals surface area contributed by atoms with E-state index in [9.17, 15) is 26.4 Å². The minimum Gasteiger partial charge on any atom is -0.492 e. The molecule has 0 aliphatic heterocycles. The van der Waals surface area contributed by atoms with E-state index in [4.69, 9.17) is 4.74 Å². The lowest BCUT2D eigenvalue weighted by molar-refractivity contribution is -0.274. The Bertz CT molecular complexity index is 1330. The summed E-state index contributed by atoms with van der Waals surface area (Å²) in [5, 5.41) is 0. The molecule has 0 bridgehead atoms. The van der Waals surface area contributed by atoms with Crippen molar-refractivity contribution in [3.8, 4) is 11.5 Å². The quantitative estimate of drug-likeness (QED) is 0.259. The maximum atomic E-state index is 13.0. The average molecular weight is 533 g/mol. The number of carbonyl (C=O) groups excluding carboxylic acids is 1. The third-order valence-electron chi connectivity index (χ3n) is 5.30. The van der Waals surface area contributed by atoms with Gasteiger partial charge >= 0.3 is 6.36 Å². The summed E-state index contributed by atoms with van der Waals surface area (Å²) in [7, 11) is -3.74. The van der Waals surface area contributed by atoms with E-state index in [1.807, 2.05) is 30.3 Å². The van der Waals surface area contributed by atoms with Crippen LogP contribution in [0.2, 0.25) is 0 Å². The molecule has 0 fully saturated rings. The van der Waals surface area contributed by atoms with Crippen molar-refractivity contribution in [1.82, 2.24) is 0 Å². The van der Waals surface area contributed by atoms with Gasteiger partial charge in [0.15, 0.2) is 15.6 Å². The van der Waals surface area contributed by atoms with Crippen molar-refractivity contribution in [1.29, 1.82) is 0 Å². The topological polar surface area (TPSA) is 69.7 Å². The van der Waals surface area contributed by atoms with E-state index in [2.05, 4.69) is 4.74 Å². The molecule has 0 amide bonds. The van der Waals surface area contributed by atoms with Gasteiger partial charge < -0.3 is 9.47 Å². The molecule has 0 N–H and O–H groups in total. The Morgan fingerprint density at radius 3 is 2.38 bits per heavy atom. The highest BCUT2D eigenvalue weighted by molar-refractivity contribution is 7.91. The van der Waals surface area contributed by atoms with E-state index >= 15 is 0 Å². The number of benzene rings is 3. The summed E-state index contributed by atoms with van der Waals surface area (Å²) < 4.78 is 72.9. The Morgan fingerprint density at radius 1 is 0.946 bits per heavy atom. The summed E-state index contributed by atoms with van der Waals surface area (Å²) in [4.78, 5) is 12.3. The number of hydrogen-bond acceptors (Lipinski definition) is 5. The van der Waals surface area contributed by atoms with Crippen LogP contribution in [-0.4, -0.2) is 32.9 Å². The number of allylic oxidation sites excluding steroid dienone is 1. The summed E-state index contributed by atoms with van der Waals surface area (Å²) in [5.41, 5.74) is 2.04. The highest BCUT2D eigenvalue weighted by atomic mass is 32.2. The van der Waals surface area contributed by atoms with E-state index < -0.39 is 16.2 Å². The summed E-state index contributed by atoms with van der Waals surface area (Å²) >= 11 is 0. The van der Waals surface area contributed by atoms with Crippen LogP contribution in [0.1, 0.15) is 30.0 Å². The van der Waals surface area contributed by atoms with Crippen molar-refractivity contribution in [2.45, 2.75) is 37.4 Å². The summed E-state index contributed by atoms with van der Waals surface area (Å²) in [6, 6.07) is 19.4. The Balaban J connectivity index is 1.66. The first kappa shape index (κ1) is 28.0. The van der Waals surface area contributed by atoms with Gasteiger partial charge in [0.05, 0.1) is 12.4 Å². The number of ketones is 1. The van der Waals surface area contributed by atoms with Gasteiger partial charge in [0, 0.05) is 6.42 Å². The van der Waals surface area contributed by atoms with Crippen LogP contribution in [0.15, 0.2) is 83.8 Å². The largest absolute Gasteiger partial charge is 0.573 e. The van der Waals surface area contributed by atoms with Gasteiger partial charge in [-0.25, -0.2) is 8.42 Å². The number of halogens is 3. The molecule has 3 aromatic carbocycles. The highest BCUT2D eigenvalue weighted by Crippen LogP contribution is 2.28. The molecule has 0 unspecified atom stereocenters. The lowest BCUT2D eigenvalue weighted by Gasteiger charge is -2.12. The SMILES string of the molecule is CCOc1cc(/C=C/C(=O)Cc2ccccc2)ccc1S(=O)(=O)CCCc1cccc(OC(F)(F)F)c1. The first-order valence-corrected chi connectivity index (χ1v) is 13.3. The fraction of sp³-hybridized carbons (Fsp3) is 0.250. The Hall–Kier alpha value is -3.59. The van der Waals surface area contributed by atoms with Crippen molar-refractivity contribution < 1.29 is 35.9 Å². The second-order valence-electron chi connectivity index (χ2n) is 8.22. The third-order valence-corrected chi connectivity index (χ3v) is 7.13. The zero-order chi connectivity index (χ0) is 26.9. The number of rotatable bonds is 12. The molecule has 0 spiro atoms. The minimum absolute atomic E-state index is 0.0243. The van der Waals surface area contributed by atoms with E-state index in [0.29, 0.717) is 11.1 Å². The molecule has 0 aliphatic carbocycles. The van der Waals surface area contributed by atoms with Gasteiger partial charge in [-0.15, -0.1) is 13.2 Å². The first-order valence-electron chi connectivity index (χ1n) is 11.6. The van der Waals surface area contributed by atoms with E-state index in [1.165, 1.54) is 30.3 Å². The fourth-order valence-electron chi connectivity index (χ4n) is 3.67. The number of hydrogen-bond donors (Lipinski definition) is 0. The van der Waals surface area contributed by atoms with Gasteiger partial charge in [0.2, 0.25) is 0 Å². The van der Waals surface area contributed by atoms with E-state index in [1.54, 1.807) is 31.2 Å². The minimum atomic E-state index is -4.80. The van der Waals surface area contributed by atoms with Gasteiger partial charge in [-0.2, -0.15) is 0 Å². The Kier molecular flexibility index (Phi) is 9.52. The summed E-state index contributed by atoms with van der Waals surface area (Å²) in [5.74, 6) is -0.481. The predicted molar refractivity (Wildman–Crippen MR) is 135 cm³/mol. The molecule has 5 nitrogen and oxygen atoms in total. The van der Waals surface area contributed by atoms with Crippen LogP contribution in [0, 0.1) is 0 Å². The maximum absolute atomic E-state index is 13.0. The number of carbonyl (C=O) groups is 1. The molecule has 9 heteroatoms. The molecular formula is C28H27F3O5S. The lowest BCUT2D eigenvalue weighted by Crippen LogP contribution is -2.17. The van der Waals surface area contributed by atoms with Gasteiger partial charge in [0.25, 0.3) is 0 Å². The highest BCUT2D eigenvalue weighted by Gasteiger charge is 2.31.